The molecule has 0 fully saturated rings. The van der Waals surface area contributed by atoms with Crippen molar-refractivity contribution in [2.75, 3.05) is 0 Å². The van der Waals surface area contributed by atoms with Crippen molar-refractivity contribution < 1.29 is 4.79 Å². The minimum absolute atomic E-state index is 0.380. The first-order valence-corrected chi connectivity index (χ1v) is 7.85. The van der Waals surface area contributed by atoms with Gasteiger partial charge in [0.15, 0.2) is 0 Å². The van der Waals surface area contributed by atoms with Crippen LogP contribution in [-0.4, -0.2) is 15.7 Å². The third kappa shape index (κ3) is 3.48. The van der Waals surface area contributed by atoms with Gasteiger partial charge in [0.2, 0.25) is 0 Å². The average Bonchev–Trinajstić information content (AvgIpc) is 3.00. The van der Waals surface area contributed by atoms with Crippen LogP contribution >= 0.6 is 11.6 Å². The summed E-state index contributed by atoms with van der Waals surface area (Å²) in [6.07, 6.45) is 0. The summed E-state index contributed by atoms with van der Waals surface area (Å²) in [5.74, 6) is 4.92. The van der Waals surface area contributed by atoms with Crippen LogP contribution in [0.3, 0.4) is 0 Å². The molecule has 0 bridgehead atoms. The SMILES string of the molecule is Cc1ccc(-c2cc(C(=O)NN)n(Cc3ccc(Cl)cc3)n2)cc1. The van der Waals surface area contributed by atoms with E-state index in [0.29, 0.717) is 17.3 Å². The summed E-state index contributed by atoms with van der Waals surface area (Å²) in [5, 5.41) is 5.23. The third-order valence-electron chi connectivity index (χ3n) is 3.74. The number of carbonyl (C=O) groups is 1. The van der Waals surface area contributed by atoms with Gasteiger partial charge in [-0.2, -0.15) is 5.10 Å². The highest BCUT2D eigenvalue weighted by molar-refractivity contribution is 6.30. The van der Waals surface area contributed by atoms with Gasteiger partial charge in [-0.05, 0) is 30.7 Å². The van der Waals surface area contributed by atoms with Gasteiger partial charge in [0.1, 0.15) is 5.69 Å². The Bertz CT molecular complexity index is 854. The smallest absolute Gasteiger partial charge is 0.283 e. The Hall–Kier alpha value is -2.63. The van der Waals surface area contributed by atoms with Gasteiger partial charge in [-0.15, -0.1) is 0 Å². The molecule has 122 valence electrons. The molecule has 0 unspecified atom stereocenters. The molecular formula is C18H17ClN4O. The monoisotopic (exact) mass is 340 g/mol. The molecule has 0 spiro atoms. The zero-order valence-corrected chi connectivity index (χ0v) is 13.9. The summed E-state index contributed by atoms with van der Waals surface area (Å²) in [5.41, 5.74) is 6.40. The topological polar surface area (TPSA) is 72.9 Å². The molecule has 0 aliphatic rings. The molecule has 0 aliphatic heterocycles. The van der Waals surface area contributed by atoms with Crippen LogP contribution in [0.25, 0.3) is 11.3 Å². The van der Waals surface area contributed by atoms with Gasteiger partial charge in [-0.25, -0.2) is 5.84 Å². The van der Waals surface area contributed by atoms with Crippen LogP contribution in [0.5, 0.6) is 0 Å². The molecule has 1 aromatic heterocycles. The maximum absolute atomic E-state index is 12.1. The van der Waals surface area contributed by atoms with Crippen LogP contribution < -0.4 is 11.3 Å². The molecule has 3 N–H and O–H groups in total. The number of hydrazine groups is 1. The van der Waals surface area contributed by atoms with Crippen LogP contribution in [0, 0.1) is 6.92 Å². The lowest BCUT2D eigenvalue weighted by atomic mass is 10.1. The Morgan fingerprint density at radius 2 is 1.83 bits per heavy atom. The van der Waals surface area contributed by atoms with Crippen molar-refractivity contribution in [1.82, 2.24) is 15.2 Å². The molecule has 0 atom stereocenters. The number of nitrogens with two attached hydrogens (primary N) is 1. The molecule has 5 nitrogen and oxygen atoms in total. The Morgan fingerprint density at radius 1 is 1.17 bits per heavy atom. The number of nitrogen functional groups attached to an aromatic ring is 1. The van der Waals surface area contributed by atoms with Crippen molar-refractivity contribution in [1.29, 1.82) is 0 Å². The molecule has 0 aliphatic carbocycles. The largest absolute Gasteiger partial charge is 0.289 e. The van der Waals surface area contributed by atoms with Crippen molar-refractivity contribution >= 4 is 17.5 Å². The molecule has 2 aromatic carbocycles. The molecule has 6 heteroatoms. The molecular weight excluding hydrogens is 324 g/mol. The van der Waals surface area contributed by atoms with E-state index in [1.165, 1.54) is 5.56 Å². The highest BCUT2D eigenvalue weighted by Gasteiger charge is 2.15. The molecule has 0 saturated carbocycles. The van der Waals surface area contributed by atoms with Crippen LogP contribution in [0.2, 0.25) is 5.02 Å². The van der Waals surface area contributed by atoms with Gasteiger partial charge in [0, 0.05) is 10.6 Å². The Morgan fingerprint density at radius 3 is 2.46 bits per heavy atom. The number of nitrogens with zero attached hydrogens (tertiary/aromatic N) is 2. The van der Waals surface area contributed by atoms with E-state index in [0.717, 1.165) is 16.8 Å². The number of rotatable bonds is 4. The fourth-order valence-corrected chi connectivity index (χ4v) is 2.55. The maximum atomic E-state index is 12.1. The molecule has 3 rings (SSSR count). The average molecular weight is 341 g/mol. The number of hydrogen-bond acceptors (Lipinski definition) is 3. The first-order chi connectivity index (χ1) is 11.6. The van der Waals surface area contributed by atoms with Gasteiger partial charge in [0.25, 0.3) is 5.91 Å². The number of carbonyl (C=O) groups excluding carboxylic acids is 1. The van der Waals surface area contributed by atoms with Crippen LogP contribution in [0.15, 0.2) is 54.6 Å². The number of halogens is 1. The number of aromatic nitrogens is 2. The summed E-state index contributed by atoms with van der Waals surface area (Å²) in [6, 6.07) is 17.1. The fourth-order valence-electron chi connectivity index (χ4n) is 2.42. The normalized spacial score (nSPS) is 10.6. The third-order valence-corrected chi connectivity index (χ3v) is 3.99. The lowest BCUT2D eigenvalue weighted by molar-refractivity contribution is 0.0943. The van der Waals surface area contributed by atoms with E-state index in [-0.39, 0.29) is 5.91 Å². The van der Waals surface area contributed by atoms with E-state index in [2.05, 4.69) is 10.5 Å². The first-order valence-electron chi connectivity index (χ1n) is 7.47. The summed E-state index contributed by atoms with van der Waals surface area (Å²) >= 11 is 5.91. The van der Waals surface area contributed by atoms with Crippen LogP contribution in [-0.2, 0) is 6.54 Å². The van der Waals surface area contributed by atoms with Crippen molar-refractivity contribution in [3.05, 3.63) is 76.4 Å². The summed E-state index contributed by atoms with van der Waals surface area (Å²) < 4.78 is 1.64. The number of hydrogen-bond donors (Lipinski definition) is 2. The predicted molar refractivity (Wildman–Crippen MR) is 94.6 cm³/mol. The van der Waals surface area contributed by atoms with E-state index < -0.39 is 0 Å². The van der Waals surface area contributed by atoms with Gasteiger partial charge in [-0.1, -0.05) is 53.6 Å². The zero-order chi connectivity index (χ0) is 17.1. The lowest BCUT2D eigenvalue weighted by Gasteiger charge is -2.06. The Kier molecular flexibility index (Phi) is 4.64. The lowest BCUT2D eigenvalue weighted by Crippen LogP contribution is -2.32. The molecule has 3 aromatic rings. The van der Waals surface area contributed by atoms with Crippen LogP contribution in [0.4, 0.5) is 0 Å². The highest BCUT2D eigenvalue weighted by atomic mass is 35.5. The molecule has 1 amide bonds. The number of benzene rings is 2. The molecule has 24 heavy (non-hydrogen) atoms. The van der Waals surface area contributed by atoms with Crippen molar-refractivity contribution in [3.8, 4) is 11.3 Å². The fraction of sp³-hybridized carbons (Fsp3) is 0.111. The second kappa shape index (κ2) is 6.86. The van der Waals surface area contributed by atoms with E-state index in [1.807, 2.05) is 55.5 Å². The van der Waals surface area contributed by atoms with Crippen molar-refractivity contribution in [3.63, 3.8) is 0 Å². The van der Waals surface area contributed by atoms with Gasteiger partial charge in [-0.3, -0.25) is 14.9 Å². The van der Waals surface area contributed by atoms with Gasteiger partial charge in [0.05, 0.1) is 12.2 Å². The van der Waals surface area contributed by atoms with Crippen molar-refractivity contribution in [2.24, 2.45) is 5.84 Å². The number of aryl methyl sites for hydroxylation is 1. The Labute approximate surface area is 145 Å². The van der Waals surface area contributed by atoms with Crippen LogP contribution in [0.1, 0.15) is 21.6 Å². The van der Waals surface area contributed by atoms with E-state index >= 15 is 0 Å². The standard InChI is InChI=1S/C18H17ClN4O/c1-12-2-6-14(7-3-12)16-10-17(18(24)21-20)23(22-16)11-13-4-8-15(19)9-5-13/h2-10H,11,20H2,1H3,(H,21,24). The number of amides is 1. The second-order valence-corrected chi connectivity index (χ2v) is 5.97. The van der Waals surface area contributed by atoms with E-state index in [1.54, 1.807) is 10.7 Å². The summed E-state index contributed by atoms with van der Waals surface area (Å²) in [4.78, 5) is 12.1. The quantitative estimate of drug-likeness (QED) is 0.435. The van der Waals surface area contributed by atoms with Crippen molar-refractivity contribution in [2.45, 2.75) is 13.5 Å². The minimum Gasteiger partial charge on any atom is -0.289 e. The zero-order valence-electron chi connectivity index (χ0n) is 13.2. The minimum atomic E-state index is -0.380. The highest BCUT2D eigenvalue weighted by Crippen LogP contribution is 2.21. The second-order valence-electron chi connectivity index (χ2n) is 5.54. The molecule has 0 saturated heterocycles. The predicted octanol–water partition coefficient (Wildman–Crippen LogP) is 3.16. The van der Waals surface area contributed by atoms with E-state index in [9.17, 15) is 4.79 Å². The number of nitrogens with one attached hydrogen (secondary N) is 1. The first kappa shape index (κ1) is 16.2. The molecule has 1 heterocycles. The van der Waals surface area contributed by atoms with Gasteiger partial charge < -0.3 is 0 Å². The van der Waals surface area contributed by atoms with E-state index in [4.69, 9.17) is 17.4 Å². The molecule has 0 radical (unpaired) electrons. The Balaban J connectivity index is 1.98. The summed E-state index contributed by atoms with van der Waals surface area (Å²) in [7, 11) is 0. The summed E-state index contributed by atoms with van der Waals surface area (Å²) in [6.45, 7) is 2.47. The van der Waals surface area contributed by atoms with Gasteiger partial charge >= 0.3 is 0 Å². The maximum Gasteiger partial charge on any atom is 0.283 e.